The van der Waals surface area contributed by atoms with E-state index in [2.05, 4.69) is 0 Å². The topological polar surface area (TPSA) is 43.1 Å². The second kappa shape index (κ2) is 3.32. The van der Waals surface area contributed by atoms with Crippen molar-refractivity contribution in [2.45, 2.75) is 13.1 Å². The molecule has 0 amide bonds. The number of halogens is 3. The van der Waals surface area contributed by atoms with Crippen LogP contribution in [0.3, 0.4) is 0 Å². The Kier molecular flexibility index (Phi) is 2.51. The van der Waals surface area contributed by atoms with Crippen molar-refractivity contribution >= 4 is 11.5 Å². The lowest BCUT2D eigenvalue weighted by Crippen LogP contribution is -2.24. The van der Waals surface area contributed by atoms with Crippen LogP contribution in [-0.2, 0) is 0 Å². The molecule has 0 saturated carbocycles. The van der Waals surface area contributed by atoms with Gasteiger partial charge in [0, 0.05) is 5.69 Å². The molecule has 0 fully saturated rings. The van der Waals surface area contributed by atoms with Crippen LogP contribution in [0.25, 0.3) is 0 Å². The highest BCUT2D eigenvalue weighted by molar-refractivity contribution is 6.04. The molecule has 0 radical (unpaired) electrons. The van der Waals surface area contributed by atoms with E-state index in [1.165, 1.54) is 6.07 Å². The lowest BCUT2D eigenvalue weighted by atomic mass is 10.0. The molecule has 5 heteroatoms. The van der Waals surface area contributed by atoms with Crippen molar-refractivity contribution in [3.05, 3.63) is 29.3 Å². The van der Waals surface area contributed by atoms with Gasteiger partial charge >= 0.3 is 6.18 Å². The molecule has 1 aromatic carbocycles. The summed E-state index contributed by atoms with van der Waals surface area (Å²) in [6, 6.07) is 3.98. The molecule has 0 atom stereocenters. The second-order valence-corrected chi connectivity index (χ2v) is 2.86. The van der Waals surface area contributed by atoms with Crippen LogP contribution >= 0.6 is 0 Å². The zero-order valence-corrected chi connectivity index (χ0v) is 7.35. The van der Waals surface area contributed by atoms with Crippen LogP contribution in [0.1, 0.15) is 15.9 Å². The number of benzene rings is 1. The number of hydrogen-bond donors (Lipinski definition) is 1. The van der Waals surface area contributed by atoms with E-state index < -0.39 is 17.5 Å². The van der Waals surface area contributed by atoms with E-state index in [1.54, 1.807) is 13.0 Å². The minimum Gasteiger partial charge on any atom is -0.398 e. The quantitative estimate of drug-likeness (QED) is 0.562. The lowest BCUT2D eigenvalue weighted by Gasteiger charge is -2.09. The van der Waals surface area contributed by atoms with Crippen molar-refractivity contribution in [1.29, 1.82) is 0 Å². The largest absolute Gasteiger partial charge is 0.454 e. The number of para-hydroxylation sites is 1. The average molecular weight is 203 g/mol. The predicted octanol–water partition coefficient (Wildman–Crippen LogP) is 2.32. The minimum atomic E-state index is -4.87. The van der Waals surface area contributed by atoms with Gasteiger partial charge in [0.25, 0.3) is 5.78 Å². The second-order valence-electron chi connectivity index (χ2n) is 2.86. The summed E-state index contributed by atoms with van der Waals surface area (Å²) in [5.41, 5.74) is 5.21. The van der Waals surface area contributed by atoms with Crippen LogP contribution in [0.4, 0.5) is 18.9 Å². The van der Waals surface area contributed by atoms with E-state index in [0.717, 1.165) is 6.07 Å². The number of alkyl halides is 3. The van der Waals surface area contributed by atoms with Gasteiger partial charge in [-0.05, 0) is 18.6 Å². The summed E-state index contributed by atoms with van der Waals surface area (Å²) in [5.74, 6) is -1.90. The third kappa shape index (κ3) is 1.86. The third-order valence-electron chi connectivity index (χ3n) is 1.83. The van der Waals surface area contributed by atoms with Crippen molar-refractivity contribution < 1.29 is 18.0 Å². The van der Waals surface area contributed by atoms with Gasteiger partial charge in [-0.15, -0.1) is 0 Å². The Labute approximate surface area is 78.5 Å². The number of nitrogen functional groups attached to an aromatic ring is 1. The molecule has 0 aliphatic carbocycles. The number of nitrogens with two attached hydrogens (primary N) is 1. The Morgan fingerprint density at radius 2 is 1.93 bits per heavy atom. The van der Waals surface area contributed by atoms with Gasteiger partial charge in [-0.3, -0.25) is 4.79 Å². The number of aryl methyl sites for hydroxylation is 1. The standard InChI is InChI=1S/C9H8F3NO/c1-5-3-2-4-6(7(5)13)8(14)9(10,11)12/h2-4H,13H2,1H3. The summed E-state index contributed by atoms with van der Waals surface area (Å²) in [7, 11) is 0. The minimum absolute atomic E-state index is 0.116. The van der Waals surface area contributed by atoms with E-state index in [9.17, 15) is 18.0 Å². The van der Waals surface area contributed by atoms with Crippen LogP contribution in [-0.4, -0.2) is 12.0 Å². The highest BCUT2D eigenvalue weighted by Crippen LogP contribution is 2.26. The van der Waals surface area contributed by atoms with Crippen LogP contribution in [0.5, 0.6) is 0 Å². The van der Waals surface area contributed by atoms with Crippen molar-refractivity contribution in [3.8, 4) is 0 Å². The van der Waals surface area contributed by atoms with Crippen LogP contribution in [0, 0.1) is 6.92 Å². The summed E-state index contributed by atoms with van der Waals surface area (Å²) in [6.45, 7) is 1.54. The maximum atomic E-state index is 12.0. The van der Waals surface area contributed by atoms with Crippen molar-refractivity contribution in [2.24, 2.45) is 0 Å². The Hall–Kier alpha value is -1.52. The molecule has 0 aliphatic heterocycles. The third-order valence-corrected chi connectivity index (χ3v) is 1.83. The maximum absolute atomic E-state index is 12.0. The molecule has 0 aromatic heterocycles. The van der Waals surface area contributed by atoms with Gasteiger partial charge in [0.1, 0.15) is 0 Å². The first-order chi connectivity index (χ1) is 6.34. The van der Waals surface area contributed by atoms with E-state index in [0.29, 0.717) is 5.56 Å². The first kappa shape index (κ1) is 10.6. The molecule has 0 spiro atoms. The number of hydrogen-bond acceptors (Lipinski definition) is 2. The number of carbonyl (C=O) groups excluding carboxylic acids is 1. The lowest BCUT2D eigenvalue weighted by molar-refractivity contribution is -0.0884. The van der Waals surface area contributed by atoms with Gasteiger partial charge in [0.05, 0.1) is 5.56 Å². The summed E-state index contributed by atoms with van der Waals surface area (Å²) in [6.07, 6.45) is -4.87. The zero-order valence-electron chi connectivity index (χ0n) is 7.35. The first-order valence-electron chi connectivity index (χ1n) is 3.80. The van der Waals surface area contributed by atoms with Gasteiger partial charge < -0.3 is 5.73 Å². The highest BCUT2D eigenvalue weighted by atomic mass is 19.4. The van der Waals surface area contributed by atoms with Crippen LogP contribution < -0.4 is 5.73 Å². The number of anilines is 1. The summed E-state index contributed by atoms with van der Waals surface area (Å²) < 4.78 is 36.1. The molecule has 14 heavy (non-hydrogen) atoms. The number of carbonyl (C=O) groups is 1. The van der Waals surface area contributed by atoms with E-state index in [-0.39, 0.29) is 5.69 Å². The van der Waals surface area contributed by atoms with Crippen molar-refractivity contribution in [2.75, 3.05) is 5.73 Å². The monoisotopic (exact) mass is 203 g/mol. The fourth-order valence-corrected chi connectivity index (χ4v) is 1.03. The highest BCUT2D eigenvalue weighted by Gasteiger charge is 2.40. The summed E-state index contributed by atoms with van der Waals surface area (Å²) in [4.78, 5) is 10.8. The Bertz CT molecular complexity index is 371. The van der Waals surface area contributed by atoms with Crippen LogP contribution in [0.15, 0.2) is 18.2 Å². The van der Waals surface area contributed by atoms with Gasteiger partial charge in [0.2, 0.25) is 0 Å². The van der Waals surface area contributed by atoms with E-state index >= 15 is 0 Å². The van der Waals surface area contributed by atoms with Crippen LogP contribution in [0.2, 0.25) is 0 Å². The molecule has 0 unspecified atom stereocenters. The smallest absolute Gasteiger partial charge is 0.398 e. The maximum Gasteiger partial charge on any atom is 0.454 e. The first-order valence-corrected chi connectivity index (χ1v) is 3.80. The SMILES string of the molecule is Cc1cccc(C(=O)C(F)(F)F)c1N. The van der Waals surface area contributed by atoms with Gasteiger partial charge in [-0.2, -0.15) is 13.2 Å². The van der Waals surface area contributed by atoms with Crippen molar-refractivity contribution in [3.63, 3.8) is 0 Å². The normalized spacial score (nSPS) is 11.4. The molecule has 0 aliphatic rings. The number of rotatable bonds is 1. The fourth-order valence-electron chi connectivity index (χ4n) is 1.03. The van der Waals surface area contributed by atoms with Gasteiger partial charge in [-0.1, -0.05) is 12.1 Å². The zero-order chi connectivity index (χ0) is 10.9. The van der Waals surface area contributed by atoms with E-state index in [4.69, 9.17) is 5.73 Å². The molecule has 0 heterocycles. The summed E-state index contributed by atoms with van der Waals surface area (Å²) in [5, 5.41) is 0. The van der Waals surface area contributed by atoms with Gasteiger partial charge in [0.15, 0.2) is 0 Å². The molecule has 1 aromatic rings. The van der Waals surface area contributed by atoms with E-state index in [1.807, 2.05) is 0 Å². The van der Waals surface area contributed by atoms with Crippen molar-refractivity contribution in [1.82, 2.24) is 0 Å². The molecule has 76 valence electrons. The van der Waals surface area contributed by atoms with Gasteiger partial charge in [-0.25, -0.2) is 0 Å². The number of ketones is 1. The number of Topliss-reactive ketones (excluding diaryl/α,β-unsaturated/α-hetero) is 1. The molecule has 1 rings (SSSR count). The molecule has 2 N–H and O–H groups in total. The predicted molar refractivity (Wildman–Crippen MR) is 46.0 cm³/mol. The Morgan fingerprint density at radius 1 is 1.36 bits per heavy atom. The molecule has 2 nitrogen and oxygen atoms in total. The Balaban J connectivity index is 3.21. The summed E-state index contributed by atoms with van der Waals surface area (Å²) >= 11 is 0. The fraction of sp³-hybridized carbons (Fsp3) is 0.222. The molecular formula is C9H8F3NO. The molecule has 0 bridgehead atoms. The average Bonchev–Trinajstić information content (AvgIpc) is 2.07. The molecule has 0 saturated heterocycles. The molecular weight excluding hydrogens is 195 g/mol. The Morgan fingerprint density at radius 3 is 2.43 bits per heavy atom.